The standard InChI is InChI=1S/C24H23F2N3O4S/c1-3-16-4-7-19(8-5-16)29(15(2)30)24-28-18(14-34-24)13-33-22(31)10-11-27-23(32)20-9-6-17(25)12-21(20)26/h4-9,12,14H,3,10-11,13H2,1-2H3,(H,27,32). The van der Waals surface area contributed by atoms with Crippen LogP contribution in [-0.2, 0) is 27.4 Å². The highest BCUT2D eigenvalue weighted by Crippen LogP contribution is 2.29. The summed E-state index contributed by atoms with van der Waals surface area (Å²) in [6, 6.07) is 10.2. The van der Waals surface area contributed by atoms with E-state index in [4.69, 9.17) is 4.74 Å². The Morgan fingerprint density at radius 1 is 1.12 bits per heavy atom. The van der Waals surface area contributed by atoms with Crippen LogP contribution in [0.5, 0.6) is 0 Å². The molecule has 0 aliphatic heterocycles. The minimum absolute atomic E-state index is 0.0807. The van der Waals surface area contributed by atoms with Crippen molar-refractivity contribution in [2.75, 3.05) is 11.4 Å². The van der Waals surface area contributed by atoms with Gasteiger partial charge in [0.25, 0.3) is 5.91 Å². The predicted molar refractivity (Wildman–Crippen MR) is 124 cm³/mol. The van der Waals surface area contributed by atoms with Crippen LogP contribution >= 0.6 is 11.3 Å². The molecule has 0 radical (unpaired) electrons. The van der Waals surface area contributed by atoms with Gasteiger partial charge in [0.1, 0.15) is 18.2 Å². The van der Waals surface area contributed by atoms with E-state index in [1.54, 1.807) is 5.38 Å². The zero-order chi connectivity index (χ0) is 24.7. The van der Waals surface area contributed by atoms with Gasteiger partial charge in [-0.2, -0.15) is 0 Å². The highest BCUT2D eigenvalue weighted by atomic mass is 32.1. The van der Waals surface area contributed by atoms with Gasteiger partial charge in [-0.15, -0.1) is 11.3 Å². The molecule has 0 unspecified atom stereocenters. The highest BCUT2D eigenvalue weighted by molar-refractivity contribution is 7.14. The Balaban J connectivity index is 1.51. The first-order valence-electron chi connectivity index (χ1n) is 10.5. The Labute approximate surface area is 199 Å². The van der Waals surface area contributed by atoms with E-state index in [-0.39, 0.29) is 31.0 Å². The molecule has 0 bridgehead atoms. The second kappa shape index (κ2) is 11.5. The van der Waals surface area contributed by atoms with Gasteiger partial charge in [-0.3, -0.25) is 19.3 Å². The zero-order valence-electron chi connectivity index (χ0n) is 18.6. The maximum Gasteiger partial charge on any atom is 0.307 e. The zero-order valence-corrected chi connectivity index (χ0v) is 19.5. The lowest BCUT2D eigenvalue weighted by molar-refractivity contribution is -0.144. The first-order valence-corrected chi connectivity index (χ1v) is 11.4. The Kier molecular flexibility index (Phi) is 8.42. The predicted octanol–water partition coefficient (Wildman–Crippen LogP) is 4.53. The number of anilines is 2. The first kappa shape index (κ1) is 25.0. The topological polar surface area (TPSA) is 88.6 Å². The van der Waals surface area contributed by atoms with E-state index in [1.165, 1.54) is 23.2 Å². The number of ether oxygens (including phenoxy) is 1. The number of nitrogens with one attached hydrogen (secondary N) is 1. The van der Waals surface area contributed by atoms with Crippen LogP contribution in [0, 0.1) is 11.6 Å². The van der Waals surface area contributed by atoms with Gasteiger partial charge >= 0.3 is 5.97 Å². The summed E-state index contributed by atoms with van der Waals surface area (Å²) in [4.78, 5) is 42.0. The molecule has 7 nitrogen and oxygen atoms in total. The molecule has 1 aromatic heterocycles. The van der Waals surface area contributed by atoms with Gasteiger partial charge in [0, 0.05) is 24.9 Å². The summed E-state index contributed by atoms with van der Waals surface area (Å²) >= 11 is 1.25. The smallest absolute Gasteiger partial charge is 0.307 e. The van der Waals surface area contributed by atoms with E-state index in [0.29, 0.717) is 22.6 Å². The Hall–Kier alpha value is -3.66. The summed E-state index contributed by atoms with van der Waals surface area (Å²) < 4.78 is 31.7. The van der Waals surface area contributed by atoms with Crippen molar-refractivity contribution in [3.05, 3.63) is 76.3 Å². The number of thiazole rings is 1. The summed E-state index contributed by atoms with van der Waals surface area (Å²) in [5, 5.41) is 4.53. The molecule has 34 heavy (non-hydrogen) atoms. The molecular formula is C24H23F2N3O4S. The second-order valence-electron chi connectivity index (χ2n) is 7.29. The summed E-state index contributed by atoms with van der Waals surface area (Å²) in [6.07, 6.45) is 0.745. The van der Waals surface area contributed by atoms with E-state index in [0.717, 1.165) is 24.1 Å². The highest BCUT2D eigenvalue weighted by Gasteiger charge is 2.18. The summed E-state index contributed by atoms with van der Waals surface area (Å²) in [5.74, 6) is -3.32. The molecule has 3 aromatic rings. The van der Waals surface area contributed by atoms with Gasteiger partial charge in [-0.1, -0.05) is 19.1 Å². The average Bonchev–Trinajstić information content (AvgIpc) is 3.26. The van der Waals surface area contributed by atoms with Gasteiger partial charge in [0.15, 0.2) is 5.13 Å². The van der Waals surface area contributed by atoms with Crippen LogP contribution in [0.4, 0.5) is 19.6 Å². The number of halogens is 2. The molecule has 0 aliphatic carbocycles. The summed E-state index contributed by atoms with van der Waals surface area (Å²) in [7, 11) is 0. The molecule has 178 valence electrons. The number of benzene rings is 2. The van der Waals surface area contributed by atoms with Crippen molar-refractivity contribution < 1.29 is 27.9 Å². The summed E-state index contributed by atoms with van der Waals surface area (Å²) in [6.45, 7) is 3.31. The SMILES string of the molecule is CCc1ccc(N(C(C)=O)c2nc(COC(=O)CCNC(=O)c3ccc(F)cc3F)cs2)cc1. The fraction of sp³-hybridized carbons (Fsp3) is 0.250. The van der Waals surface area contributed by atoms with E-state index in [2.05, 4.69) is 10.3 Å². The van der Waals surface area contributed by atoms with Crippen molar-refractivity contribution in [1.82, 2.24) is 10.3 Å². The molecule has 0 spiro atoms. The van der Waals surface area contributed by atoms with Crippen molar-refractivity contribution in [3.8, 4) is 0 Å². The number of aromatic nitrogens is 1. The second-order valence-corrected chi connectivity index (χ2v) is 8.12. The van der Waals surface area contributed by atoms with Gasteiger partial charge in [0.05, 0.1) is 23.4 Å². The molecule has 1 N–H and O–H groups in total. The third-order valence-electron chi connectivity index (χ3n) is 4.82. The van der Waals surface area contributed by atoms with Gasteiger partial charge < -0.3 is 10.1 Å². The molecule has 0 atom stereocenters. The number of esters is 1. The quantitative estimate of drug-likeness (QED) is 0.448. The van der Waals surface area contributed by atoms with E-state index >= 15 is 0 Å². The normalized spacial score (nSPS) is 10.6. The Morgan fingerprint density at radius 2 is 1.85 bits per heavy atom. The number of aryl methyl sites for hydroxylation is 1. The fourth-order valence-corrected chi connectivity index (χ4v) is 3.92. The van der Waals surface area contributed by atoms with Crippen molar-refractivity contribution in [1.29, 1.82) is 0 Å². The van der Waals surface area contributed by atoms with Crippen LogP contribution < -0.4 is 10.2 Å². The molecule has 2 amide bonds. The number of nitrogens with zero attached hydrogens (tertiary/aromatic N) is 2. The minimum atomic E-state index is -0.986. The average molecular weight is 488 g/mol. The van der Waals surface area contributed by atoms with Gasteiger partial charge in [-0.05, 0) is 36.2 Å². The van der Waals surface area contributed by atoms with Crippen LogP contribution in [-0.4, -0.2) is 29.3 Å². The van der Waals surface area contributed by atoms with Crippen molar-refractivity contribution >= 4 is 39.9 Å². The molecule has 0 fully saturated rings. The van der Waals surface area contributed by atoms with E-state index < -0.39 is 23.5 Å². The van der Waals surface area contributed by atoms with Crippen molar-refractivity contribution in [2.24, 2.45) is 0 Å². The lowest BCUT2D eigenvalue weighted by Gasteiger charge is -2.18. The number of amides is 2. The fourth-order valence-electron chi connectivity index (χ4n) is 3.05. The van der Waals surface area contributed by atoms with Crippen molar-refractivity contribution in [3.63, 3.8) is 0 Å². The molecule has 2 aromatic carbocycles. The first-order chi connectivity index (χ1) is 16.3. The van der Waals surface area contributed by atoms with Crippen LogP contribution in [0.2, 0.25) is 0 Å². The number of carbonyl (C=O) groups is 3. The minimum Gasteiger partial charge on any atom is -0.459 e. The maximum atomic E-state index is 13.6. The van der Waals surface area contributed by atoms with Crippen LogP contribution in [0.15, 0.2) is 47.8 Å². The third kappa shape index (κ3) is 6.44. The molecule has 10 heteroatoms. The Bertz CT molecular complexity index is 1180. The molecule has 0 aliphatic rings. The maximum absolute atomic E-state index is 13.6. The van der Waals surface area contributed by atoms with Crippen molar-refractivity contribution in [2.45, 2.75) is 33.3 Å². The number of rotatable bonds is 9. The van der Waals surface area contributed by atoms with Gasteiger partial charge in [0.2, 0.25) is 5.91 Å². The van der Waals surface area contributed by atoms with Crippen LogP contribution in [0.1, 0.15) is 41.9 Å². The summed E-state index contributed by atoms with van der Waals surface area (Å²) in [5.41, 5.74) is 2.00. The van der Waals surface area contributed by atoms with E-state index in [9.17, 15) is 23.2 Å². The molecular weight excluding hydrogens is 464 g/mol. The lowest BCUT2D eigenvalue weighted by atomic mass is 10.1. The van der Waals surface area contributed by atoms with Gasteiger partial charge in [-0.25, -0.2) is 13.8 Å². The number of carbonyl (C=O) groups excluding carboxylic acids is 3. The number of hydrogen-bond acceptors (Lipinski definition) is 6. The lowest BCUT2D eigenvalue weighted by Crippen LogP contribution is -2.27. The molecule has 3 rings (SSSR count). The van der Waals surface area contributed by atoms with Crippen LogP contribution in [0.3, 0.4) is 0 Å². The largest absolute Gasteiger partial charge is 0.459 e. The number of hydrogen-bond donors (Lipinski definition) is 1. The monoisotopic (exact) mass is 487 g/mol. The third-order valence-corrected chi connectivity index (χ3v) is 5.69. The van der Waals surface area contributed by atoms with Crippen LogP contribution in [0.25, 0.3) is 0 Å². The Morgan fingerprint density at radius 3 is 2.50 bits per heavy atom. The molecule has 0 saturated carbocycles. The molecule has 1 heterocycles. The molecule has 0 saturated heterocycles. The van der Waals surface area contributed by atoms with E-state index in [1.807, 2.05) is 31.2 Å².